The van der Waals surface area contributed by atoms with Crippen LogP contribution in [0.5, 0.6) is 0 Å². The van der Waals surface area contributed by atoms with Gasteiger partial charge in [-0.3, -0.25) is 14.9 Å². The normalized spacial score (nSPS) is 12.0. The second-order valence-corrected chi connectivity index (χ2v) is 17.5. The molecule has 0 aliphatic heterocycles. The van der Waals surface area contributed by atoms with Crippen molar-refractivity contribution in [2.45, 2.75) is 88.9 Å². The quantitative estimate of drug-likeness (QED) is 0.0862. The molecule has 1 aromatic heterocycles. The number of hydrogen-bond donors (Lipinski definition) is 2. The monoisotopic (exact) mass is 781 g/mol. The first-order valence-electron chi connectivity index (χ1n) is 18.3. The van der Waals surface area contributed by atoms with E-state index in [1.54, 1.807) is 29.6 Å². The van der Waals surface area contributed by atoms with E-state index < -0.39 is 26.0 Å². The molecule has 53 heavy (non-hydrogen) atoms. The molecule has 11 nitrogen and oxygen atoms in total. The standard InChI is InChI=1S/C39H51N5O6S3/c1-5-9-25-43(26-10-6-2)52(47,48)34-21-15-31(16-22-34)37(45)40-33-19-13-30(14-20-33)36-29-51-39(41-36)42-38(46)32-17-23-35(24-18-32)53(49,50)44(27-11-7-3)28-12-8-4/h13-24,29H,5-12,25-28H2,1-4H3,(H,40,45)(H,41,42,46). The van der Waals surface area contributed by atoms with Crippen LogP contribution in [0.4, 0.5) is 10.8 Å². The van der Waals surface area contributed by atoms with Crippen molar-refractivity contribution in [2.75, 3.05) is 36.8 Å². The zero-order valence-electron chi connectivity index (χ0n) is 31.0. The van der Waals surface area contributed by atoms with Gasteiger partial charge in [0.15, 0.2) is 5.13 Å². The third kappa shape index (κ3) is 11.3. The Morgan fingerprint density at radius 1 is 0.585 bits per heavy atom. The fourth-order valence-electron chi connectivity index (χ4n) is 5.46. The largest absolute Gasteiger partial charge is 0.322 e. The summed E-state index contributed by atoms with van der Waals surface area (Å²) in [7, 11) is -7.33. The van der Waals surface area contributed by atoms with Crippen LogP contribution in [0.1, 0.15) is 99.8 Å². The van der Waals surface area contributed by atoms with Gasteiger partial charge >= 0.3 is 0 Å². The Morgan fingerprint density at radius 2 is 0.981 bits per heavy atom. The van der Waals surface area contributed by atoms with E-state index in [1.807, 2.05) is 27.7 Å². The third-order valence-corrected chi connectivity index (χ3v) is 13.3. The van der Waals surface area contributed by atoms with Crippen LogP contribution in [-0.4, -0.2) is 68.4 Å². The second-order valence-electron chi connectivity index (χ2n) is 12.8. The number of carbonyl (C=O) groups is 2. The summed E-state index contributed by atoms with van der Waals surface area (Å²) in [6.45, 7) is 9.98. The first-order valence-corrected chi connectivity index (χ1v) is 22.1. The summed E-state index contributed by atoms with van der Waals surface area (Å²) in [4.78, 5) is 30.9. The summed E-state index contributed by atoms with van der Waals surface area (Å²) in [5, 5.41) is 7.83. The van der Waals surface area contributed by atoms with E-state index in [4.69, 9.17) is 0 Å². The van der Waals surface area contributed by atoms with Gasteiger partial charge in [-0.05, 0) is 86.3 Å². The molecule has 0 saturated heterocycles. The van der Waals surface area contributed by atoms with Crippen LogP contribution in [0, 0.1) is 0 Å². The summed E-state index contributed by atoms with van der Waals surface area (Å²) >= 11 is 1.26. The van der Waals surface area contributed by atoms with E-state index in [-0.39, 0.29) is 15.7 Å². The highest BCUT2D eigenvalue weighted by atomic mass is 32.2. The number of hydrogen-bond acceptors (Lipinski definition) is 8. The fourth-order valence-corrected chi connectivity index (χ4v) is 9.21. The molecule has 4 aromatic rings. The van der Waals surface area contributed by atoms with E-state index in [0.29, 0.717) is 53.8 Å². The van der Waals surface area contributed by atoms with Gasteiger partial charge in [0.25, 0.3) is 11.8 Å². The Bertz CT molecular complexity index is 1980. The lowest BCUT2D eigenvalue weighted by atomic mass is 10.1. The van der Waals surface area contributed by atoms with Crippen molar-refractivity contribution >= 4 is 54.0 Å². The second kappa shape index (κ2) is 19.9. The van der Waals surface area contributed by atoms with Gasteiger partial charge in [0.1, 0.15) is 0 Å². The maximum Gasteiger partial charge on any atom is 0.257 e. The number of aromatic nitrogens is 1. The van der Waals surface area contributed by atoms with Crippen LogP contribution < -0.4 is 10.6 Å². The van der Waals surface area contributed by atoms with Gasteiger partial charge in [0, 0.05) is 53.9 Å². The molecule has 2 N–H and O–H groups in total. The maximum atomic E-state index is 13.3. The van der Waals surface area contributed by atoms with Crippen LogP contribution in [0.3, 0.4) is 0 Å². The minimum Gasteiger partial charge on any atom is -0.322 e. The van der Waals surface area contributed by atoms with Crippen LogP contribution >= 0.6 is 11.3 Å². The SMILES string of the molecule is CCCCN(CCCC)S(=O)(=O)c1ccc(C(=O)Nc2ccc(-c3csc(NC(=O)c4ccc(S(=O)(=O)N(CCCC)CCCC)cc4)n3)cc2)cc1. The number of anilines is 2. The highest BCUT2D eigenvalue weighted by Gasteiger charge is 2.25. The molecule has 0 aliphatic carbocycles. The molecule has 4 rings (SSSR count). The molecule has 2 amide bonds. The Kier molecular flexibility index (Phi) is 15.7. The summed E-state index contributed by atoms with van der Waals surface area (Å²) in [5.74, 6) is -0.775. The first-order chi connectivity index (χ1) is 25.4. The molecule has 14 heteroatoms. The summed E-state index contributed by atoms with van der Waals surface area (Å²) in [6, 6.07) is 19.0. The van der Waals surface area contributed by atoms with Crippen LogP contribution in [0.2, 0.25) is 0 Å². The van der Waals surface area contributed by atoms with Crippen molar-refractivity contribution < 1.29 is 26.4 Å². The zero-order chi connectivity index (χ0) is 38.4. The van der Waals surface area contributed by atoms with Crippen molar-refractivity contribution in [3.8, 4) is 11.3 Å². The molecule has 0 bridgehead atoms. The highest BCUT2D eigenvalue weighted by molar-refractivity contribution is 7.89. The molecule has 0 unspecified atom stereocenters. The first kappa shape index (κ1) is 41.8. The number of nitrogens with one attached hydrogen (secondary N) is 2. The van der Waals surface area contributed by atoms with Gasteiger partial charge in [0.2, 0.25) is 20.0 Å². The average molecular weight is 782 g/mol. The van der Waals surface area contributed by atoms with Crippen LogP contribution in [0.15, 0.2) is 88.0 Å². The number of rotatable bonds is 21. The van der Waals surface area contributed by atoms with E-state index in [0.717, 1.165) is 56.9 Å². The predicted molar refractivity (Wildman–Crippen MR) is 213 cm³/mol. The van der Waals surface area contributed by atoms with Crippen LogP contribution in [0.25, 0.3) is 11.3 Å². The number of unbranched alkanes of at least 4 members (excludes halogenated alkanes) is 4. The number of thiazole rings is 1. The topological polar surface area (TPSA) is 146 Å². The van der Waals surface area contributed by atoms with Gasteiger partial charge in [-0.15, -0.1) is 11.3 Å². The lowest BCUT2D eigenvalue weighted by Crippen LogP contribution is -2.33. The number of carbonyl (C=O) groups excluding carboxylic acids is 2. The van der Waals surface area contributed by atoms with Gasteiger partial charge < -0.3 is 5.32 Å². The molecule has 3 aromatic carbocycles. The average Bonchev–Trinajstić information content (AvgIpc) is 3.63. The lowest BCUT2D eigenvalue weighted by molar-refractivity contribution is 0.101. The summed E-state index contributed by atoms with van der Waals surface area (Å²) in [5.41, 5.74) is 2.60. The number of amides is 2. The molecular formula is C39H51N5O6S3. The minimum atomic E-state index is -3.67. The highest BCUT2D eigenvalue weighted by Crippen LogP contribution is 2.27. The molecule has 0 atom stereocenters. The van der Waals surface area contributed by atoms with Crippen molar-refractivity contribution in [2.24, 2.45) is 0 Å². The van der Waals surface area contributed by atoms with Crippen LogP contribution in [-0.2, 0) is 20.0 Å². The van der Waals surface area contributed by atoms with Crippen molar-refractivity contribution in [1.29, 1.82) is 0 Å². The van der Waals surface area contributed by atoms with Gasteiger partial charge in [-0.1, -0.05) is 65.5 Å². The molecule has 0 spiro atoms. The number of nitrogens with zero attached hydrogens (tertiary/aromatic N) is 3. The van der Waals surface area contributed by atoms with Crippen molar-refractivity contribution in [3.05, 3.63) is 89.3 Å². The van der Waals surface area contributed by atoms with E-state index in [2.05, 4.69) is 15.6 Å². The molecule has 1 heterocycles. The molecule has 0 saturated carbocycles. The number of sulfonamides is 2. The Balaban J connectivity index is 1.35. The van der Waals surface area contributed by atoms with Crippen molar-refractivity contribution in [3.63, 3.8) is 0 Å². The smallest absolute Gasteiger partial charge is 0.257 e. The Hall–Kier alpha value is -3.95. The van der Waals surface area contributed by atoms with E-state index in [9.17, 15) is 26.4 Å². The van der Waals surface area contributed by atoms with E-state index >= 15 is 0 Å². The zero-order valence-corrected chi connectivity index (χ0v) is 33.5. The van der Waals surface area contributed by atoms with E-state index in [1.165, 1.54) is 68.5 Å². The van der Waals surface area contributed by atoms with Crippen molar-refractivity contribution in [1.82, 2.24) is 13.6 Å². The Labute approximate surface area is 318 Å². The summed E-state index contributed by atoms with van der Waals surface area (Å²) < 4.78 is 56.2. The molecule has 0 fully saturated rings. The predicted octanol–water partition coefficient (Wildman–Crippen LogP) is 8.50. The van der Waals surface area contributed by atoms with Gasteiger partial charge in [-0.2, -0.15) is 8.61 Å². The molecular weight excluding hydrogens is 731 g/mol. The maximum absolute atomic E-state index is 13.3. The fraction of sp³-hybridized carbons (Fsp3) is 0.410. The van der Waals surface area contributed by atoms with Gasteiger partial charge in [0.05, 0.1) is 15.5 Å². The lowest BCUT2D eigenvalue weighted by Gasteiger charge is -2.22. The summed E-state index contributed by atoms with van der Waals surface area (Å²) in [6.07, 6.45) is 6.71. The van der Waals surface area contributed by atoms with Gasteiger partial charge in [-0.25, -0.2) is 21.8 Å². The Morgan fingerprint density at radius 3 is 1.38 bits per heavy atom. The molecule has 0 aliphatic rings. The number of benzene rings is 3. The molecule has 286 valence electrons. The minimum absolute atomic E-state index is 0.160. The molecule has 0 radical (unpaired) electrons. The third-order valence-electron chi connectivity index (χ3n) is 8.72.